The molecule has 0 spiro atoms. The molecule has 6 heteroatoms. The van der Waals surface area contributed by atoms with Crippen molar-refractivity contribution in [2.75, 3.05) is 5.32 Å². The second-order valence-corrected chi connectivity index (χ2v) is 7.64. The van der Waals surface area contributed by atoms with Crippen LogP contribution in [0.2, 0.25) is 0 Å². The van der Waals surface area contributed by atoms with Crippen LogP contribution < -0.4 is 5.32 Å². The highest BCUT2D eigenvalue weighted by Crippen LogP contribution is 2.27. The molecule has 0 bridgehead atoms. The fourth-order valence-electron chi connectivity index (χ4n) is 3.71. The van der Waals surface area contributed by atoms with Crippen molar-refractivity contribution in [3.8, 4) is 11.5 Å². The summed E-state index contributed by atoms with van der Waals surface area (Å²) in [6.45, 7) is 4.51. The van der Waals surface area contributed by atoms with Crippen LogP contribution in [-0.4, -0.2) is 20.7 Å². The van der Waals surface area contributed by atoms with Gasteiger partial charge in [0.1, 0.15) is 11.5 Å². The summed E-state index contributed by atoms with van der Waals surface area (Å²) in [4.78, 5) is 17.0. The topological polar surface area (TPSA) is 73.0 Å². The minimum Gasteiger partial charge on any atom is -0.441 e. The average molecular weight is 378 g/mol. The van der Waals surface area contributed by atoms with Crippen molar-refractivity contribution in [1.29, 1.82) is 0 Å². The van der Waals surface area contributed by atoms with Crippen molar-refractivity contribution in [1.82, 2.24) is 14.8 Å². The van der Waals surface area contributed by atoms with E-state index in [2.05, 4.69) is 15.4 Å². The molecule has 1 N–H and O–H groups in total. The first-order valence-electron chi connectivity index (χ1n) is 9.95. The zero-order valence-electron chi connectivity index (χ0n) is 16.4. The van der Waals surface area contributed by atoms with E-state index in [0.717, 1.165) is 54.0 Å². The Morgan fingerprint density at radius 2 is 1.93 bits per heavy atom. The van der Waals surface area contributed by atoms with Crippen LogP contribution in [0.15, 0.2) is 41.1 Å². The lowest BCUT2D eigenvalue weighted by molar-refractivity contribution is -0.120. The van der Waals surface area contributed by atoms with Crippen LogP contribution in [0.3, 0.4) is 0 Å². The third-order valence-electron chi connectivity index (χ3n) is 5.34. The van der Waals surface area contributed by atoms with Gasteiger partial charge in [0.15, 0.2) is 0 Å². The van der Waals surface area contributed by atoms with Crippen molar-refractivity contribution in [3.05, 3.63) is 53.7 Å². The molecule has 1 aromatic carbocycles. The summed E-state index contributed by atoms with van der Waals surface area (Å²) in [6.07, 6.45) is 9.36. The molecule has 1 saturated carbocycles. The predicted octanol–water partition coefficient (Wildman–Crippen LogP) is 4.72. The molecule has 4 rings (SSSR count). The monoisotopic (exact) mass is 378 g/mol. The van der Waals surface area contributed by atoms with Crippen molar-refractivity contribution in [3.63, 3.8) is 0 Å². The first kappa shape index (κ1) is 18.5. The molecule has 0 saturated heterocycles. The highest BCUT2D eigenvalue weighted by atomic mass is 16.4. The Morgan fingerprint density at radius 1 is 1.18 bits per heavy atom. The number of hydrogen-bond acceptors (Lipinski definition) is 4. The molecule has 2 heterocycles. The summed E-state index contributed by atoms with van der Waals surface area (Å²) in [7, 11) is 0. The van der Waals surface area contributed by atoms with Crippen LogP contribution in [0.4, 0.5) is 5.69 Å². The summed E-state index contributed by atoms with van der Waals surface area (Å²) in [6, 6.07) is 7.69. The van der Waals surface area contributed by atoms with Crippen LogP contribution in [0.1, 0.15) is 49.1 Å². The number of carbonyl (C=O) groups is 1. The summed E-state index contributed by atoms with van der Waals surface area (Å²) in [5.41, 5.74) is 3.69. The van der Waals surface area contributed by atoms with Crippen LogP contribution in [0, 0.1) is 19.8 Å². The van der Waals surface area contributed by atoms with Gasteiger partial charge in [-0.2, -0.15) is 5.10 Å². The van der Waals surface area contributed by atoms with Gasteiger partial charge in [0.05, 0.1) is 12.7 Å². The van der Waals surface area contributed by atoms with Gasteiger partial charge >= 0.3 is 0 Å². The van der Waals surface area contributed by atoms with Crippen LogP contribution in [0.5, 0.6) is 0 Å². The van der Waals surface area contributed by atoms with Gasteiger partial charge in [0.25, 0.3) is 0 Å². The molecule has 1 amide bonds. The summed E-state index contributed by atoms with van der Waals surface area (Å²) < 4.78 is 7.71. The molecule has 3 aromatic rings. The van der Waals surface area contributed by atoms with Crippen molar-refractivity contribution in [2.24, 2.45) is 5.92 Å². The summed E-state index contributed by atoms with van der Waals surface area (Å²) >= 11 is 0. The SMILES string of the molecule is Cc1cnn(Cc2nc(-c3ccc(NC(=O)C4CCCCC4)cc3)oc2C)c1. The van der Waals surface area contributed by atoms with E-state index in [4.69, 9.17) is 4.42 Å². The smallest absolute Gasteiger partial charge is 0.227 e. The van der Waals surface area contributed by atoms with Gasteiger partial charge in [-0.3, -0.25) is 9.48 Å². The lowest BCUT2D eigenvalue weighted by Gasteiger charge is -2.20. The fraction of sp³-hybridized carbons (Fsp3) is 0.409. The third kappa shape index (κ3) is 4.16. The Bertz CT molecular complexity index is 949. The van der Waals surface area contributed by atoms with Gasteiger partial charge < -0.3 is 9.73 Å². The standard InChI is InChI=1S/C22H26N4O2/c1-15-12-23-26(13-15)14-20-16(2)28-22(25-20)18-8-10-19(11-9-18)24-21(27)17-6-4-3-5-7-17/h8-13,17H,3-7,14H2,1-2H3,(H,24,27). The number of nitrogens with zero attached hydrogens (tertiary/aromatic N) is 3. The Labute approximate surface area is 165 Å². The maximum absolute atomic E-state index is 12.4. The van der Waals surface area contributed by atoms with E-state index < -0.39 is 0 Å². The molecular formula is C22H26N4O2. The van der Waals surface area contributed by atoms with Crippen molar-refractivity contribution in [2.45, 2.75) is 52.5 Å². The second-order valence-electron chi connectivity index (χ2n) is 7.64. The van der Waals surface area contributed by atoms with Gasteiger partial charge in [0, 0.05) is 23.4 Å². The number of oxazole rings is 1. The van der Waals surface area contributed by atoms with Gasteiger partial charge in [-0.1, -0.05) is 19.3 Å². The minimum absolute atomic E-state index is 0.135. The maximum Gasteiger partial charge on any atom is 0.227 e. The molecule has 1 aliphatic carbocycles. The average Bonchev–Trinajstić information content (AvgIpc) is 3.29. The van der Waals surface area contributed by atoms with E-state index in [1.807, 2.05) is 55.2 Å². The number of carbonyl (C=O) groups excluding carboxylic acids is 1. The van der Waals surface area contributed by atoms with Crippen LogP contribution in [0.25, 0.3) is 11.5 Å². The Kier molecular flexibility index (Phi) is 5.28. The molecular weight excluding hydrogens is 352 g/mol. The molecule has 1 fully saturated rings. The Balaban J connectivity index is 1.43. The summed E-state index contributed by atoms with van der Waals surface area (Å²) in [5.74, 6) is 1.66. The number of rotatable bonds is 5. The normalized spacial score (nSPS) is 14.9. The molecule has 0 unspecified atom stereocenters. The highest BCUT2D eigenvalue weighted by molar-refractivity contribution is 5.92. The molecule has 2 aromatic heterocycles. The number of nitrogens with one attached hydrogen (secondary N) is 1. The molecule has 6 nitrogen and oxygen atoms in total. The summed E-state index contributed by atoms with van der Waals surface area (Å²) in [5, 5.41) is 7.35. The molecule has 0 radical (unpaired) electrons. The predicted molar refractivity (Wildman–Crippen MR) is 108 cm³/mol. The Morgan fingerprint density at radius 3 is 2.61 bits per heavy atom. The van der Waals surface area contributed by atoms with Crippen molar-refractivity contribution >= 4 is 11.6 Å². The third-order valence-corrected chi connectivity index (χ3v) is 5.34. The van der Waals surface area contributed by atoms with Crippen LogP contribution in [-0.2, 0) is 11.3 Å². The Hall–Kier alpha value is -2.89. The first-order valence-corrected chi connectivity index (χ1v) is 9.95. The lowest BCUT2D eigenvalue weighted by atomic mass is 9.88. The maximum atomic E-state index is 12.4. The number of aryl methyl sites for hydroxylation is 2. The van der Waals surface area contributed by atoms with Gasteiger partial charge in [-0.15, -0.1) is 0 Å². The largest absolute Gasteiger partial charge is 0.441 e. The number of aromatic nitrogens is 3. The van der Waals surface area contributed by atoms with E-state index in [0.29, 0.717) is 12.4 Å². The van der Waals surface area contributed by atoms with E-state index in [9.17, 15) is 4.79 Å². The number of hydrogen-bond donors (Lipinski definition) is 1. The number of anilines is 1. The molecule has 1 aliphatic rings. The van der Waals surface area contributed by atoms with E-state index in [1.165, 1.54) is 6.42 Å². The van der Waals surface area contributed by atoms with Gasteiger partial charge in [-0.05, 0) is 56.5 Å². The molecule has 0 aliphatic heterocycles. The zero-order valence-corrected chi connectivity index (χ0v) is 16.4. The number of benzene rings is 1. The molecule has 28 heavy (non-hydrogen) atoms. The minimum atomic E-state index is 0.135. The van der Waals surface area contributed by atoms with E-state index >= 15 is 0 Å². The van der Waals surface area contributed by atoms with E-state index in [-0.39, 0.29) is 11.8 Å². The highest BCUT2D eigenvalue weighted by Gasteiger charge is 2.21. The van der Waals surface area contributed by atoms with Crippen LogP contribution >= 0.6 is 0 Å². The van der Waals surface area contributed by atoms with Gasteiger partial charge in [-0.25, -0.2) is 4.98 Å². The number of amides is 1. The quantitative estimate of drug-likeness (QED) is 0.697. The molecule has 0 atom stereocenters. The van der Waals surface area contributed by atoms with E-state index in [1.54, 1.807) is 0 Å². The zero-order chi connectivity index (χ0) is 19.5. The first-order chi connectivity index (χ1) is 13.6. The second kappa shape index (κ2) is 8.00. The van der Waals surface area contributed by atoms with Gasteiger partial charge in [0.2, 0.25) is 11.8 Å². The van der Waals surface area contributed by atoms with Crippen molar-refractivity contribution < 1.29 is 9.21 Å². The fourth-order valence-corrected chi connectivity index (χ4v) is 3.71. The molecule has 146 valence electrons. The lowest BCUT2D eigenvalue weighted by Crippen LogP contribution is -2.24.